The summed E-state index contributed by atoms with van der Waals surface area (Å²) in [6.45, 7) is -0.851. The summed E-state index contributed by atoms with van der Waals surface area (Å²) in [5, 5.41) is 0. The van der Waals surface area contributed by atoms with Gasteiger partial charge in [-0.2, -0.15) is 17.6 Å². The molecule has 1 fully saturated rings. The van der Waals surface area contributed by atoms with E-state index in [0.29, 0.717) is 0 Å². The maximum Gasteiger partial charge on any atom is 0.450 e. The van der Waals surface area contributed by atoms with Gasteiger partial charge in [-0.1, -0.05) is 0 Å². The van der Waals surface area contributed by atoms with Gasteiger partial charge in [0, 0.05) is 0 Å². The summed E-state index contributed by atoms with van der Waals surface area (Å²) in [4.78, 5) is 0. The Bertz CT molecular complexity index is 99.1. The molecule has 0 aromatic carbocycles. The summed E-state index contributed by atoms with van der Waals surface area (Å²) >= 11 is 0. The van der Waals surface area contributed by atoms with Crippen LogP contribution < -0.4 is 0 Å². The minimum atomic E-state index is -4.84. The lowest BCUT2D eigenvalue weighted by atomic mass is 10.4. The zero-order valence-corrected chi connectivity index (χ0v) is 3.63. The smallest absolute Gasteiger partial charge is 0.331 e. The van der Waals surface area contributed by atoms with Gasteiger partial charge in [0.1, 0.15) is 6.61 Å². The number of hydrogen-bond acceptors (Lipinski definition) is 1. The summed E-state index contributed by atoms with van der Waals surface area (Å²) in [5.41, 5.74) is 0. The summed E-state index contributed by atoms with van der Waals surface area (Å²) in [7, 11) is 0. The van der Waals surface area contributed by atoms with Gasteiger partial charge in [0.25, 0.3) is 0 Å². The number of ether oxygens (including phenoxy) is 1. The van der Waals surface area contributed by atoms with Crippen molar-refractivity contribution < 1.29 is 22.3 Å². The van der Waals surface area contributed by atoms with Crippen molar-refractivity contribution in [2.75, 3.05) is 6.61 Å². The van der Waals surface area contributed by atoms with Gasteiger partial charge >= 0.3 is 12.0 Å². The van der Waals surface area contributed by atoms with Crippen molar-refractivity contribution in [1.82, 2.24) is 0 Å². The second-order valence-corrected chi connectivity index (χ2v) is 1.51. The molecular formula is C3H2F4O. The van der Waals surface area contributed by atoms with Crippen molar-refractivity contribution in [1.29, 1.82) is 0 Å². The lowest BCUT2D eigenvalue weighted by Crippen LogP contribution is -2.27. The molecule has 0 radical (unpaired) electrons. The van der Waals surface area contributed by atoms with Crippen molar-refractivity contribution in [3.05, 3.63) is 0 Å². The third-order valence-electron chi connectivity index (χ3n) is 0.821. The Kier molecular flexibility index (Phi) is 0.836. The molecule has 1 saturated heterocycles. The van der Waals surface area contributed by atoms with E-state index in [1.807, 2.05) is 0 Å². The molecule has 0 spiro atoms. The fraction of sp³-hybridized carbons (Fsp3) is 1.00. The van der Waals surface area contributed by atoms with E-state index in [1.54, 1.807) is 0 Å². The van der Waals surface area contributed by atoms with E-state index in [9.17, 15) is 17.6 Å². The minimum Gasteiger partial charge on any atom is -0.331 e. The average molecular weight is 130 g/mol. The fourth-order valence-corrected chi connectivity index (χ4v) is 0.227. The molecule has 0 amide bonds. The number of rotatable bonds is 0. The molecule has 0 N–H and O–H groups in total. The summed E-state index contributed by atoms with van der Waals surface area (Å²) < 4.78 is 48.5. The quantitative estimate of drug-likeness (QED) is 0.355. The normalized spacial score (nSPS) is 37.5. The topological polar surface area (TPSA) is 12.5 Å². The Hall–Kier alpha value is -0.320. The first-order chi connectivity index (χ1) is 3.46. The Balaban J connectivity index is 2.58. The second kappa shape index (κ2) is 1.15. The van der Waals surface area contributed by atoms with Crippen molar-refractivity contribution in [2.45, 2.75) is 12.0 Å². The average Bonchev–Trinajstić information content (AvgIpc) is 2.16. The van der Waals surface area contributed by atoms with E-state index in [4.69, 9.17) is 0 Å². The largest absolute Gasteiger partial charge is 0.450 e. The molecule has 1 nitrogen and oxygen atoms in total. The zero-order chi connectivity index (χ0) is 6.41. The van der Waals surface area contributed by atoms with Gasteiger partial charge in [0.15, 0.2) is 0 Å². The van der Waals surface area contributed by atoms with Crippen LogP contribution in [0.3, 0.4) is 0 Å². The highest BCUT2D eigenvalue weighted by atomic mass is 19.4. The molecule has 8 heavy (non-hydrogen) atoms. The van der Waals surface area contributed by atoms with Crippen molar-refractivity contribution >= 4 is 0 Å². The van der Waals surface area contributed by atoms with Gasteiger partial charge in [-0.15, -0.1) is 0 Å². The number of epoxide rings is 1. The molecule has 1 atom stereocenters. The second-order valence-electron chi connectivity index (χ2n) is 1.51. The van der Waals surface area contributed by atoms with Crippen molar-refractivity contribution in [3.63, 3.8) is 0 Å². The lowest BCUT2D eigenvalue weighted by Gasteiger charge is -2.04. The first-order valence-electron chi connectivity index (χ1n) is 1.85. The van der Waals surface area contributed by atoms with E-state index in [1.165, 1.54) is 0 Å². The molecule has 0 aromatic rings. The van der Waals surface area contributed by atoms with Crippen LogP contribution in [-0.2, 0) is 4.74 Å². The maximum atomic E-state index is 11.7. The predicted molar refractivity (Wildman–Crippen MR) is 15.8 cm³/mol. The third kappa shape index (κ3) is 0.665. The van der Waals surface area contributed by atoms with Gasteiger partial charge < -0.3 is 4.74 Å². The minimum absolute atomic E-state index is 0.851. The van der Waals surface area contributed by atoms with Crippen LogP contribution in [0.15, 0.2) is 0 Å². The lowest BCUT2D eigenvalue weighted by molar-refractivity contribution is -0.224. The van der Waals surface area contributed by atoms with Gasteiger partial charge in [0.2, 0.25) is 0 Å². The van der Waals surface area contributed by atoms with E-state index in [2.05, 4.69) is 4.74 Å². The van der Waals surface area contributed by atoms with Gasteiger partial charge in [-0.3, -0.25) is 0 Å². The maximum absolute atomic E-state index is 11.7. The van der Waals surface area contributed by atoms with Crippen LogP contribution in [0.5, 0.6) is 0 Å². The first-order valence-corrected chi connectivity index (χ1v) is 1.85. The third-order valence-corrected chi connectivity index (χ3v) is 0.821. The number of halogens is 4. The highest BCUT2D eigenvalue weighted by Gasteiger charge is 2.67. The SMILES string of the molecule is FC(F)(F)C1(F)CO1. The van der Waals surface area contributed by atoms with E-state index >= 15 is 0 Å². The molecule has 1 aliphatic rings. The molecule has 5 heteroatoms. The van der Waals surface area contributed by atoms with Crippen LogP contribution in [0.2, 0.25) is 0 Å². The molecule has 0 bridgehead atoms. The van der Waals surface area contributed by atoms with E-state index in [-0.39, 0.29) is 0 Å². The highest BCUT2D eigenvalue weighted by molar-refractivity contribution is 4.87. The molecule has 0 aromatic heterocycles. The summed E-state index contributed by atoms with van der Waals surface area (Å²) in [6, 6.07) is 0. The monoisotopic (exact) mass is 130 g/mol. The standard InChI is InChI=1S/C3H2F4O/c4-2(1-8-2)3(5,6)7/h1H2. The molecule has 48 valence electrons. The van der Waals surface area contributed by atoms with Crippen LogP contribution in [0.1, 0.15) is 0 Å². The molecule has 1 unspecified atom stereocenters. The molecular weight excluding hydrogens is 128 g/mol. The zero-order valence-electron chi connectivity index (χ0n) is 3.63. The Morgan fingerprint density at radius 3 is 1.75 bits per heavy atom. The van der Waals surface area contributed by atoms with Crippen LogP contribution in [-0.4, -0.2) is 18.6 Å². The van der Waals surface area contributed by atoms with Crippen molar-refractivity contribution in [3.8, 4) is 0 Å². The molecule has 1 heterocycles. The van der Waals surface area contributed by atoms with E-state index < -0.39 is 18.6 Å². The van der Waals surface area contributed by atoms with Crippen LogP contribution in [0.4, 0.5) is 17.6 Å². The van der Waals surface area contributed by atoms with Gasteiger partial charge in [-0.05, 0) is 0 Å². The van der Waals surface area contributed by atoms with Crippen molar-refractivity contribution in [2.24, 2.45) is 0 Å². The molecule has 0 aliphatic carbocycles. The Labute approximate surface area is 42.2 Å². The first kappa shape index (κ1) is 5.81. The fourth-order valence-electron chi connectivity index (χ4n) is 0.227. The Morgan fingerprint density at radius 1 is 1.38 bits per heavy atom. The van der Waals surface area contributed by atoms with E-state index in [0.717, 1.165) is 0 Å². The molecule has 1 aliphatic heterocycles. The Morgan fingerprint density at radius 2 is 1.75 bits per heavy atom. The van der Waals surface area contributed by atoms with Crippen LogP contribution in [0.25, 0.3) is 0 Å². The van der Waals surface area contributed by atoms with Gasteiger partial charge in [-0.25, -0.2) is 0 Å². The number of hydrogen-bond donors (Lipinski definition) is 0. The highest BCUT2D eigenvalue weighted by Crippen LogP contribution is 2.44. The summed E-state index contributed by atoms with van der Waals surface area (Å²) in [5.74, 6) is -3.31. The number of alkyl halides is 4. The molecule has 1 rings (SSSR count). The molecule has 0 saturated carbocycles. The van der Waals surface area contributed by atoms with Crippen LogP contribution >= 0.6 is 0 Å². The predicted octanol–water partition coefficient (Wildman–Crippen LogP) is 1.24. The summed E-state index contributed by atoms with van der Waals surface area (Å²) in [6.07, 6.45) is -4.84. The van der Waals surface area contributed by atoms with Gasteiger partial charge in [0.05, 0.1) is 0 Å². The van der Waals surface area contributed by atoms with Crippen LogP contribution in [0, 0.1) is 0 Å².